The molecule has 1 unspecified atom stereocenters. The Morgan fingerprint density at radius 1 is 1.09 bits per heavy atom. The number of benzene rings is 2. The first-order chi connectivity index (χ1) is 16.0. The van der Waals surface area contributed by atoms with E-state index in [-0.39, 0.29) is 0 Å². The fourth-order valence-electron chi connectivity index (χ4n) is 3.99. The minimum absolute atomic E-state index is 0.344. The van der Waals surface area contributed by atoms with Crippen LogP contribution in [0.1, 0.15) is 64.5 Å². The van der Waals surface area contributed by atoms with Crippen molar-refractivity contribution in [2.45, 2.75) is 71.0 Å². The highest BCUT2D eigenvalue weighted by atomic mass is 35.5. The Bertz CT molecular complexity index is 940. The Kier molecular flexibility index (Phi) is 10.4. The number of aryl methyl sites for hydroxylation is 1. The Balaban J connectivity index is 2.41. The molecule has 1 amide bonds. The molecule has 0 radical (unpaired) electrons. The molecule has 1 atom stereocenters. The number of carbonyl (C=O) groups excluding carboxylic acids is 1. The van der Waals surface area contributed by atoms with Gasteiger partial charge in [0.2, 0.25) is 0 Å². The Morgan fingerprint density at radius 2 is 1.79 bits per heavy atom. The zero-order chi connectivity index (χ0) is 25.4. The molecule has 34 heavy (non-hydrogen) atoms. The van der Waals surface area contributed by atoms with E-state index in [0.29, 0.717) is 31.0 Å². The predicted octanol–water partition coefficient (Wildman–Crippen LogP) is 6.83. The van der Waals surface area contributed by atoms with Gasteiger partial charge in [0.15, 0.2) is 0 Å². The Labute approximate surface area is 210 Å². The molecule has 0 aliphatic carbocycles. The number of carbonyl (C=O) groups is 1. The maximum atomic E-state index is 12.5. The van der Waals surface area contributed by atoms with Crippen LogP contribution in [0.3, 0.4) is 0 Å². The summed E-state index contributed by atoms with van der Waals surface area (Å²) >= 11 is 6.72. The van der Waals surface area contributed by atoms with Crippen molar-refractivity contribution >= 4 is 17.7 Å². The van der Waals surface area contributed by atoms with Crippen LogP contribution >= 0.6 is 11.6 Å². The molecule has 0 saturated heterocycles. The topological polar surface area (TPSA) is 59.0 Å². The minimum Gasteiger partial charge on any atom is -0.444 e. The highest BCUT2D eigenvalue weighted by Crippen LogP contribution is 2.41. The second-order valence-electron chi connectivity index (χ2n) is 9.85. The molecule has 0 heterocycles. The van der Waals surface area contributed by atoms with Crippen LogP contribution in [0.5, 0.6) is 0 Å². The molecule has 0 fully saturated rings. The van der Waals surface area contributed by atoms with E-state index in [0.717, 1.165) is 36.0 Å². The molecule has 0 bridgehead atoms. The van der Waals surface area contributed by atoms with Crippen LogP contribution in [-0.4, -0.2) is 49.0 Å². The molecule has 0 aliphatic heterocycles. The third kappa shape index (κ3) is 8.00. The first-order valence-corrected chi connectivity index (χ1v) is 12.4. The number of methoxy groups -OCH3 is 1. The third-order valence-electron chi connectivity index (χ3n) is 5.89. The quantitative estimate of drug-likeness (QED) is 0.351. The highest BCUT2D eigenvalue weighted by molar-refractivity contribution is 6.33. The van der Waals surface area contributed by atoms with Gasteiger partial charge in [0.05, 0.1) is 5.60 Å². The summed E-state index contributed by atoms with van der Waals surface area (Å²) in [5.41, 5.74) is 2.06. The molecule has 0 aromatic heterocycles. The van der Waals surface area contributed by atoms with Crippen LogP contribution in [0.25, 0.3) is 11.1 Å². The van der Waals surface area contributed by atoms with Gasteiger partial charge in [0.25, 0.3) is 0 Å². The lowest BCUT2D eigenvalue weighted by atomic mass is 9.81. The summed E-state index contributed by atoms with van der Waals surface area (Å²) in [5.74, 6) is 0. The lowest BCUT2D eigenvalue weighted by Gasteiger charge is -2.33. The highest BCUT2D eigenvalue weighted by Gasteiger charge is 2.33. The summed E-state index contributed by atoms with van der Waals surface area (Å²) in [7, 11) is 3.38. The van der Waals surface area contributed by atoms with Gasteiger partial charge < -0.3 is 19.5 Å². The van der Waals surface area contributed by atoms with Crippen molar-refractivity contribution in [3.05, 3.63) is 58.6 Å². The van der Waals surface area contributed by atoms with Crippen molar-refractivity contribution in [3.63, 3.8) is 0 Å². The number of halogens is 1. The van der Waals surface area contributed by atoms with Crippen LogP contribution < -0.4 is 0 Å². The maximum Gasteiger partial charge on any atom is 0.410 e. The number of nitrogens with zero attached hydrogens (tertiary/aromatic N) is 1. The number of aliphatic hydroxyl groups is 1. The largest absolute Gasteiger partial charge is 0.444 e. The first-order valence-electron chi connectivity index (χ1n) is 12.0. The molecule has 1 N–H and O–H groups in total. The number of amides is 1. The van der Waals surface area contributed by atoms with E-state index in [1.54, 1.807) is 14.2 Å². The van der Waals surface area contributed by atoms with Gasteiger partial charge >= 0.3 is 6.09 Å². The summed E-state index contributed by atoms with van der Waals surface area (Å²) in [5, 5.41) is 12.7. The van der Waals surface area contributed by atoms with E-state index >= 15 is 0 Å². The van der Waals surface area contributed by atoms with E-state index in [1.807, 2.05) is 51.1 Å². The molecule has 0 spiro atoms. The van der Waals surface area contributed by atoms with Gasteiger partial charge in [0, 0.05) is 37.9 Å². The first kappa shape index (κ1) is 28.2. The molecule has 2 aromatic rings. The van der Waals surface area contributed by atoms with Crippen LogP contribution in [-0.2, 0) is 21.5 Å². The average molecular weight is 490 g/mol. The molecule has 5 nitrogen and oxygen atoms in total. The summed E-state index contributed by atoms with van der Waals surface area (Å²) in [4.78, 5) is 14.0. The predicted molar refractivity (Wildman–Crippen MR) is 139 cm³/mol. The van der Waals surface area contributed by atoms with Gasteiger partial charge in [-0.05, 0) is 75.6 Å². The average Bonchev–Trinajstić information content (AvgIpc) is 2.79. The molecule has 188 valence electrons. The zero-order valence-electron chi connectivity index (χ0n) is 21.5. The number of hydrogen-bond donors (Lipinski definition) is 1. The van der Waals surface area contributed by atoms with Crippen molar-refractivity contribution in [1.82, 2.24) is 4.90 Å². The number of rotatable bonds is 11. The van der Waals surface area contributed by atoms with Crippen molar-refractivity contribution in [1.29, 1.82) is 0 Å². The smallest absolute Gasteiger partial charge is 0.410 e. The maximum absolute atomic E-state index is 12.5. The monoisotopic (exact) mass is 489 g/mol. The van der Waals surface area contributed by atoms with Gasteiger partial charge in [-0.15, -0.1) is 0 Å². The van der Waals surface area contributed by atoms with Crippen molar-refractivity contribution in [2.75, 3.05) is 27.3 Å². The summed E-state index contributed by atoms with van der Waals surface area (Å²) < 4.78 is 10.7. The molecule has 0 saturated carbocycles. The minimum atomic E-state index is -1.17. The van der Waals surface area contributed by atoms with Gasteiger partial charge in [-0.1, -0.05) is 54.9 Å². The van der Waals surface area contributed by atoms with Gasteiger partial charge in [-0.3, -0.25) is 0 Å². The molecular formula is C28H40ClNO4. The molecule has 2 rings (SSSR count). The fourth-order valence-corrected chi connectivity index (χ4v) is 4.28. The van der Waals surface area contributed by atoms with Gasteiger partial charge in [-0.25, -0.2) is 4.79 Å². The van der Waals surface area contributed by atoms with Crippen molar-refractivity contribution < 1.29 is 19.4 Å². The summed E-state index contributed by atoms with van der Waals surface area (Å²) in [6.07, 6.45) is 3.01. The summed E-state index contributed by atoms with van der Waals surface area (Å²) in [6, 6.07) is 14.0. The van der Waals surface area contributed by atoms with E-state index in [4.69, 9.17) is 21.1 Å². The molecule has 6 heteroatoms. The van der Waals surface area contributed by atoms with E-state index in [1.165, 1.54) is 10.5 Å². The summed E-state index contributed by atoms with van der Waals surface area (Å²) in [6.45, 7) is 8.62. The standard InChI is InChI=1S/C28H40ClNO4/c1-7-21-12-10-13-22(20-21)25-23(14-11-15-24(25)29)28(32,16-8-9-19-33-6)17-18-30(5)26(31)34-27(2,3)4/h10-15,20,32H,7-9,16-19H2,1-6H3. The number of ether oxygens (including phenoxy) is 2. The van der Waals surface area contributed by atoms with E-state index < -0.39 is 17.3 Å². The lowest BCUT2D eigenvalue weighted by molar-refractivity contribution is -0.00112. The zero-order valence-corrected chi connectivity index (χ0v) is 22.2. The fraction of sp³-hybridized carbons (Fsp3) is 0.536. The lowest BCUT2D eigenvalue weighted by Crippen LogP contribution is -2.38. The number of unbranched alkanes of at least 4 members (excludes halogenated alkanes) is 1. The third-order valence-corrected chi connectivity index (χ3v) is 6.21. The van der Waals surface area contributed by atoms with Gasteiger partial charge in [0.1, 0.15) is 5.60 Å². The van der Waals surface area contributed by atoms with Crippen LogP contribution in [0, 0.1) is 0 Å². The van der Waals surface area contributed by atoms with E-state index in [2.05, 4.69) is 19.1 Å². The van der Waals surface area contributed by atoms with Crippen LogP contribution in [0.15, 0.2) is 42.5 Å². The molecule has 0 aliphatic rings. The Morgan fingerprint density at radius 3 is 2.44 bits per heavy atom. The van der Waals surface area contributed by atoms with Crippen LogP contribution in [0.2, 0.25) is 5.02 Å². The molecule has 2 aromatic carbocycles. The van der Waals surface area contributed by atoms with Gasteiger partial charge in [-0.2, -0.15) is 0 Å². The molecular weight excluding hydrogens is 450 g/mol. The Hall–Kier alpha value is -2.08. The second-order valence-corrected chi connectivity index (χ2v) is 10.3. The number of hydrogen-bond acceptors (Lipinski definition) is 4. The normalized spacial score (nSPS) is 13.4. The van der Waals surface area contributed by atoms with Crippen molar-refractivity contribution in [3.8, 4) is 11.1 Å². The SMILES string of the molecule is CCc1cccc(-c2c(Cl)cccc2C(O)(CCCCOC)CCN(C)C(=O)OC(C)(C)C)c1. The van der Waals surface area contributed by atoms with E-state index in [9.17, 15) is 9.90 Å². The van der Waals surface area contributed by atoms with Crippen molar-refractivity contribution in [2.24, 2.45) is 0 Å². The van der Waals surface area contributed by atoms with Crippen LogP contribution in [0.4, 0.5) is 4.79 Å². The second kappa shape index (κ2) is 12.6.